The van der Waals surface area contributed by atoms with Gasteiger partial charge >= 0.3 is 0 Å². The molecule has 26 heavy (non-hydrogen) atoms. The highest BCUT2D eigenvalue weighted by molar-refractivity contribution is 6.36. The second-order valence-corrected chi connectivity index (χ2v) is 8.31. The van der Waals surface area contributed by atoms with E-state index in [1.807, 2.05) is 0 Å². The first-order valence-corrected chi connectivity index (χ1v) is 10.9. The van der Waals surface area contributed by atoms with Crippen molar-refractivity contribution in [2.75, 3.05) is 39.3 Å². The van der Waals surface area contributed by atoms with Crippen molar-refractivity contribution < 1.29 is 0 Å². The van der Waals surface area contributed by atoms with Gasteiger partial charge in [0.2, 0.25) is 0 Å². The summed E-state index contributed by atoms with van der Waals surface area (Å²) >= 11 is 13.5. The summed E-state index contributed by atoms with van der Waals surface area (Å²) in [6.45, 7) is 6.02. The number of allylic oxidation sites excluding steroid dienone is 2. The van der Waals surface area contributed by atoms with Gasteiger partial charge in [0.1, 0.15) is 22.0 Å². The van der Waals surface area contributed by atoms with Crippen molar-refractivity contribution in [3.63, 3.8) is 0 Å². The zero-order chi connectivity index (χ0) is 18.4. The summed E-state index contributed by atoms with van der Waals surface area (Å²) in [7, 11) is 0. The molecule has 0 radical (unpaired) electrons. The van der Waals surface area contributed by atoms with Crippen LogP contribution in [0, 0.1) is 11.3 Å². The van der Waals surface area contributed by atoms with Crippen LogP contribution in [0.2, 0.25) is 0 Å². The minimum atomic E-state index is 0.225. The van der Waals surface area contributed by atoms with Gasteiger partial charge in [-0.05, 0) is 57.8 Å². The molecule has 3 saturated heterocycles. The Balaban J connectivity index is 2.00. The average molecular weight is 397 g/mol. The van der Waals surface area contributed by atoms with E-state index >= 15 is 0 Å². The molecule has 0 atom stereocenters. The van der Waals surface area contributed by atoms with Crippen LogP contribution in [0.1, 0.15) is 57.8 Å². The number of hydrogen-bond acceptors (Lipinski definition) is 4. The van der Waals surface area contributed by atoms with E-state index in [0.29, 0.717) is 5.03 Å². The van der Waals surface area contributed by atoms with Gasteiger partial charge in [0.25, 0.3) is 0 Å². The van der Waals surface area contributed by atoms with Crippen LogP contribution >= 0.6 is 23.2 Å². The van der Waals surface area contributed by atoms with Gasteiger partial charge in [-0.15, -0.1) is 0 Å². The van der Waals surface area contributed by atoms with Gasteiger partial charge in [-0.25, -0.2) is 0 Å². The summed E-state index contributed by atoms with van der Waals surface area (Å²) in [6.07, 6.45) is 10.9. The zero-order valence-corrected chi connectivity index (χ0v) is 17.2. The predicted molar refractivity (Wildman–Crippen MR) is 108 cm³/mol. The molecule has 0 amide bonds. The lowest BCUT2D eigenvalue weighted by Gasteiger charge is -2.42. The first kappa shape index (κ1) is 19.7. The number of halogens is 2. The molecule has 3 fully saturated rings. The highest BCUT2D eigenvalue weighted by Crippen LogP contribution is 2.34. The van der Waals surface area contributed by atoms with Crippen LogP contribution in [0.5, 0.6) is 0 Å². The van der Waals surface area contributed by atoms with E-state index in [1.165, 1.54) is 44.9 Å². The van der Waals surface area contributed by atoms with Crippen molar-refractivity contribution in [3.8, 4) is 6.07 Å². The van der Waals surface area contributed by atoms with E-state index in [4.69, 9.17) is 23.2 Å². The largest absolute Gasteiger partial charge is 0.368 e. The molecule has 0 bridgehead atoms. The van der Waals surface area contributed by atoms with E-state index in [0.717, 1.165) is 63.6 Å². The maximum Gasteiger partial charge on any atom is 0.143 e. The fourth-order valence-corrected chi connectivity index (χ4v) is 5.05. The first-order chi connectivity index (χ1) is 12.7. The molecule has 144 valence electrons. The van der Waals surface area contributed by atoms with Crippen molar-refractivity contribution in [1.82, 2.24) is 14.7 Å². The lowest BCUT2D eigenvalue weighted by atomic mass is 10.1. The summed E-state index contributed by atoms with van der Waals surface area (Å²) in [5, 5.41) is 10.4. The monoisotopic (exact) mass is 396 g/mol. The van der Waals surface area contributed by atoms with Crippen molar-refractivity contribution in [3.05, 3.63) is 21.6 Å². The third kappa shape index (κ3) is 4.61. The second kappa shape index (κ2) is 9.76. The van der Waals surface area contributed by atoms with Crippen LogP contribution in [0.15, 0.2) is 21.6 Å². The quantitative estimate of drug-likeness (QED) is 0.503. The Morgan fingerprint density at radius 1 is 0.615 bits per heavy atom. The predicted octanol–water partition coefficient (Wildman–Crippen LogP) is 4.83. The number of nitriles is 1. The van der Waals surface area contributed by atoms with E-state index in [-0.39, 0.29) is 5.03 Å². The number of piperidine rings is 3. The summed E-state index contributed by atoms with van der Waals surface area (Å²) in [6, 6.07) is 2.15. The Hall–Kier alpha value is -1.05. The molecule has 0 spiro atoms. The molecule has 3 heterocycles. The zero-order valence-electron chi connectivity index (χ0n) is 15.7. The normalized spacial score (nSPS) is 22.6. The van der Waals surface area contributed by atoms with Crippen molar-refractivity contribution in [2.24, 2.45) is 0 Å². The molecule has 3 aliphatic heterocycles. The lowest BCUT2D eigenvalue weighted by Crippen LogP contribution is -2.42. The first-order valence-electron chi connectivity index (χ1n) is 10.2. The summed E-state index contributed by atoms with van der Waals surface area (Å²) in [5.74, 6) is 1.11. The van der Waals surface area contributed by atoms with Crippen molar-refractivity contribution in [1.29, 1.82) is 5.26 Å². The fraction of sp³-hybridized carbons (Fsp3) is 0.750. The van der Waals surface area contributed by atoms with Crippen LogP contribution in [0.25, 0.3) is 0 Å². The molecule has 0 N–H and O–H groups in total. The van der Waals surface area contributed by atoms with E-state index in [2.05, 4.69) is 20.8 Å². The van der Waals surface area contributed by atoms with Gasteiger partial charge < -0.3 is 14.7 Å². The summed E-state index contributed by atoms with van der Waals surface area (Å²) < 4.78 is 0. The molecule has 4 nitrogen and oxygen atoms in total. The maximum absolute atomic E-state index is 9.51. The van der Waals surface area contributed by atoms with Gasteiger partial charge in [-0.3, -0.25) is 0 Å². The SMILES string of the molecule is N#C/C(Cl)=C(\C(Cl)=C(N1CCCCC1)N1CCCCC1)N1CCCCC1. The van der Waals surface area contributed by atoms with E-state index in [9.17, 15) is 5.26 Å². The topological polar surface area (TPSA) is 33.5 Å². The smallest absolute Gasteiger partial charge is 0.143 e. The molecule has 0 aromatic heterocycles. The van der Waals surface area contributed by atoms with Crippen LogP contribution in [-0.4, -0.2) is 54.0 Å². The minimum Gasteiger partial charge on any atom is -0.368 e. The van der Waals surface area contributed by atoms with Crippen LogP contribution in [-0.2, 0) is 0 Å². The van der Waals surface area contributed by atoms with Crippen LogP contribution < -0.4 is 0 Å². The standard InChI is InChI=1S/C20H30Cl2N4/c21-17(16-23)19(24-10-4-1-5-11-24)18(22)20(25-12-6-2-7-13-25)26-14-8-3-9-15-26/h1-15H2/b19-17-. The molecule has 0 aromatic carbocycles. The molecule has 0 saturated carbocycles. The fourth-order valence-electron chi connectivity index (χ4n) is 4.34. The molecule has 0 aliphatic carbocycles. The summed E-state index contributed by atoms with van der Waals surface area (Å²) in [5.41, 5.74) is 0.752. The van der Waals surface area contributed by atoms with Gasteiger partial charge in [-0.2, -0.15) is 5.26 Å². The molecular weight excluding hydrogens is 367 g/mol. The van der Waals surface area contributed by atoms with E-state index < -0.39 is 0 Å². The van der Waals surface area contributed by atoms with Crippen LogP contribution in [0.4, 0.5) is 0 Å². The maximum atomic E-state index is 9.51. The molecule has 0 unspecified atom stereocenters. The highest BCUT2D eigenvalue weighted by Gasteiger charge is 2.29. The summed E-state index contributed by atoms with van der Waals surface area (Å²) in [4.78, 5) is 7.09. The molecule has 3 aliphatic rings. The number of likely N-dealkylation sites (tertiary alicyclic amines) is 3. The van der Waals surface area contributed by atoms with Crippen molar-refractivity contribution in [2.45, 2.75) is 57.8 Å². The van der Waals surface area contributed by atoms with E-state index in [1.54, 1.807) is 0 Å². The van der Waals surface area contributed by atoms with Crippen molar-refractivity contribution >= 4 is 23.2 Å². The number of hydrogen-bond donors (Lipinski definition) is 0. The Morgan fingerprint density at radius 2 is 1.00 bits per heavy atom. The third-order valence-electron chi connectivity index (χ3n) is 5.69. The Kier molecular flexibility index (Phi) is 7.40. The Labute approximate surface area is 168 Å². The number of nitrogens with zero attached hydrogens (tertiary/aromatic N) is 4. The minimum absolute atomic E-state index is 0.225. The molecule has 6 heteroatoms. The second-order valence-electron chi connectivity index (χ2n) is 7.56. The highest BCUT2D eigenvalue weighted by atomic mass is 35.5. The number of rotatable bonds is 4. The van der Waals surface area contributed by atoms with Gasteiger partial charge in [-0.1, -0.05) is 23.2 Å². The Morgan fingerprint density at radius 3 is 1.38 bits per heavy atom. The third-order valence-corrected chi connectivity index (χ3v) is 6.31. The van der Waals surface area contributed by atoms with Gasteiger partial charge in [0.15, 0.2) is 0 Å². The average Bonchev–Trinajstić information content (AvgIpc) is 2.71. The molecule has 0 aromatic rings. The molecular formula is C20H30Cl2N4. The van der Waals surface area contributed by atoms with Gasteiger partial charge in [0.05, 0.1) is 5.70 Å². The molecule has 3 rings (SSSR count). The van der Waals surface area contributed by atoms with Crippen LogP contribution in [0.3, 0.4) is 0 Å². The van der Waals surface area contributed by atoms with Gasteiger partial charge in [0, 0.05) is 39.3 Å². The lowest BCUT2D eigenvalue weighted by molar-refractivity contribution is 0.163. The Bertz CT molecular complexity index is 555.